The van der Waals surface area contributed by atoms with Gasteiger partial charge in [-0.1, -0.05) is 67.9 Å². The minimum Gasteiger partial charge on any atom is -0.495 e. The Balaban J connectivity index is 1.62. The van der Waals surface area contributed by atoms with Crippen LogP contribution in [0.1, 0.15) is 25.0 Å². The molecule has 0 aliphatic rings. The fourth-order valence-electron chi connectivity index (χ4n) is 3.10. The van der Waals surface area contributed by atoms with Gasteiger partial charge in [-0.25, -0.2) is 0 Å². The third-order valence-corrected chi connectivity index (χ3v) is 5.11. The molecule has 0 aliphatic heterocycles. The van der Waals surface area contributed by atoms with Gasteiger partial charge in [0.15, 0.2) is 6.61 Å². The number of ether oxygens (including phenoxy) is 2. The van der Waals surface area contributed by atoms with E-state index in [0.717, 1.165) is 0 Å². The van der Waals surface area contributed by atoms with E-state index in [-0.39, 0.29) is 17.9 Å². The van der Waals surface area contributed by atoms with Crippen LogP contribution in [0.3, 0.4) is 0 Å². The number of nitrogens with one attached hydrogen (secondary N) is 1. The highest BCUT2D eigenvalue weighted by Crippen LogP contribution is 2.32. The summed E-state index contributed by atoms with van der Waals surface area (Å²) in [5, 5.41) is 3.27. The van der Waals surface area contributed by atoms with Crippen LogP contribution in [0.5, 0.6) is 11.5 Å². The lowest BCUT2D eigenvalue weighted by molar-refractivity contribution is -0.118. The maximum atomic E-state index is 12.2. The highest BCUT2D eigenvalue weighted by Gasteiger charge is 2.22. The van der Waals surface area contributed by atoms with Crippen molar-refractivity contribution >= 4 is 23.2 Å². The molecule has 0 aromatic heterocycles. The Morgan fingerprint density at radius 3 is 2.28 bits per heavy atom. The highest BCUT2D eigenvalue weighted by atomic mass is 35.5. The van der Waals surface area contributed by atoms with Crippen LogP contribution in [0.2, 0.25) is 5.02 Å². The van der Waals surface area contributed by atoms with Crippen molar-refractivity contribution in [2.45, 2.75) is 19.3 Å². The second kappa shape index (κ2) is 9.01. The third kappa shape index (κ3) is 5.09. The van der Waals surface area contributed by atoms with Crippen molar-refractivity contribution in [3.63, 3.8) is 0 Å². The molecule has 3 rings (SSSR count). The van der Waals surface area contributed by atoms with Gasteiger partial charge in [-0.2, -0.15) is 0 Å². The summed E-state index contributed by atoms with van der Waals surface area (Å²) in [6.45, 7) is 4.26. The summed E-state index contributed by atoms with van der Waals surface area (Å²) in [5.74, 6) is 0.875. The molecule has 0 fully saturated rings. The smallest absolute Gasteiger partial charge is 0.262 e. The van der Waals surface area contributed by atoms with Crippen molar-refractivity contribution < 1.29 is 14.3 Å². The second-order valence-corrected chi connectivity index (χ2v) is 7.63. The van der Waals surface area contributed by atoms with Gasteiger partial charge in [0.25, 0.3) is 5.91 Å². The number of benzene rings is 3. The van der Waals surface area contributed by atoms with Crippen LogP contribution >= 0.6 is 11.6 Å². The summed E-state index contributed by atoms with van der Waals surface area (Å²) in [5.41, 5.74) is 2.79. The molecule has 0 heterocycles. The van der Waals surface area contributed by atoms with Gasteiger partial charge >= 0.3 is 0 Å². The van der Waals surface area contributed by atoms with Crippen LogP contribution in [0.15, 0.2) is 72.8 Å². The van der Waals surface area contributed by atoms with Crippen LogP contribution in [-0.2, 0) is 10.2 Å². The molecule has 29 heavy (non-hydrogen) atoms. The van der Waals surface area contributed by atoms with E-state index >= 15 is 0 Å². The van der Waals surface area contributed by atoms with Crippen LogP contribution in [0.4, 0.5) is 5.69 Å². The number of amides is 1. The summed E-state index contributed by atoms with van der Waals surface area (Å²) in [6, 6.07) is 23.2. The topological polar surface area (TPSA) is 47.6 Å². The lowest BCUT2D eigenvalue weighted by atomic mass is 9.78. The summed E-state index contributed by atoms with van der Waals surface area (Å²) < 4.78 is 10.9. The molecular weight excluding hydrogens is 386 g/mol. The van der Waals surface area contributed by atoms with Gasteiger partial charge in [0.05, 0.1) is 12.8 Å². The largest absolute Gasteiger partial charge is 0.495 e. The SMILES string of the molecule is COc1ccc(Cl)cc1NC(=O)COc1ccc(C(C)(C)c2ccccc2)cc1. The van der Waals surface area contributed by atoms with Crippen LogP contribution in [-0.4, -0.2) is 19.6 Å². The Kier molecular flexibility index (Phi) is 6.45. The number of rotatable bonds is 7. The number of hydrogen-bond acceptors (Lipinski definition) is 3. The van der Waals surface area contributed by atoms with E-state index in [0.29, 0.717) is 22.2 Å². The second-order valence-electron chi connectivity index (χ2n) is 7.20. The molecule has 3 aromatic carbocycles. The molecule has 0 saturated heterocycles. The van der Waals surface area contributed by atoms with Crippen molar-refractivity contribution in [1.82, 2.24) is 0 Å². The Labute approximate surface area is 176 Å². The number of carbonyl (C=O) groups excluding carboxylic acids is 1. The minimum atomic E-state index is -0.292. The normalized spacial score (nSPS) is 11.0. The first-order chi connectivity index (χ1) is 13.9. The van der Waals surface area contributed by atoms with E-state index in [2.05, 4.69) is 31.3 Å². The van der Waals surface area contributed by atoms with E-state index in [1.807, 2.05) is 42.5 Å². The zero-order valence-corrected chi connectivity index (χ0v) is 17.5. The predicted molar refractivity (Wildman–Crippen MR) is 117 cm³/mol. The number of halogens is 1. The van der Waals surface area contributed by atoms with Crippen LogP contribution < -0.4 is 14.8 Å². The lowest BCUT2D eigenvalue weighted by Crippen LogP contribution is -2.21. The first-order valence-electron chi connectivity index (χ1n) is 9.32. The zero-order valence-electron chi connectivity index (χ0n) is 16.7. The first kappa shape index (κ1) is 20.7. The Hall–Kier alpha value is -2.98. The third-order valence-electron chi connectivity index (χ3n) is 4.88. The molecule has 1 N–H and O–H groups in total. The van der Waals surface area contributed by atoms with Gasteiger partial charge in [-0.15, -0.1) is 0 Å². The van der Waals surface area contributed by atoms with Gasteiger partial charge in [-0.05, 0) is 41.5 Å². The molecule has 3 aromatic rings. The highest BCUT2D eigenvalue weighted by molar-refractivity contribution is 6.31. The molecule has 0 unspecified atom stereocenters. The lowest BCUT2D eigenvalue weighted by Gasteiger charge is -2.26. The predicted octanol–water partition coefficient (Wildman–Crippen LogP) is 5.69. The first-order valence-corrected chi connectivity index (χ1v) is 9.70. The molecule has 0 spiro atoms. The van der Waals surface area contributed by atoms with E-state index in [1.54, 1.807) is 18.2 Å². The maximum absolute atomic E-state index is 12.2. The van der Waals surface area contributed by atoms with Crippen molar-refractivity contribution in [3.8, 4) is 11.5 Å². The van der Waals surface area contributed by atoms with Gasteiger partial charge in [-0.3, -0.25) is 4.79 Å². The number of hydrogen-bond donors (Lipinski definition) is 1. The molecule has 0 aliphatic carbocycles. The fraction of sp³-hybridized carbons (Fsp3) is 0.208. The zero-order chi connectivity index (χ0) is 20.9. The van der Waals surface area contributed by atoms with Crippen molar-refractivity contribution in [3.05, 3.63) is 88.9 Å². The van der Waals surface area contributed by atoms with Crippen molar-refractivity contribution in [2.24, 2.45) is 0 Å². The number of carbonyl (C=O) groups is 1. The van der Waals surface area contributed by atoms with E-state index in [1.165, 1.54) is 18.2 Å². The Morgan fingerprint density at radius 1 is 0.966 bits per heavy atom. The maximum Gasteiger partial charge on any atom is 0.262 e. The van der Waals surface area contributed by atoms with Gasteiger partial charge in [0.1, 0.15) is 11.5 Å². The van der Waals surface area contributed by atoms with Crippen LogP contribution in [0, 0.1) is 0 Å². The van der Waals surface area contributed by atoms with Crippen molar-refractivity contribution in [2.75, 3.05) is 19.0 Å². The average Bonchev–Trinajstić information content (AvgIpc) is 2.73. The standard InChI is InChI=1S/C24H24ClNO3/c1-24(2,17-7-5-4-6-8-17)18-9-12-20(13-10-18)29-16-23(27)26-21-15-19(25)11-14-22(21)28-3/h4-15H,16H2,1-3H3,(H,26,27). The monoisotopic (exact) mass is 409 g/mol. The van der Waals surface area contributed by atoms with Gasteiger partial charge < -0.3 is 14.8 Å². The van der Waals surface area contributed by atoms with Crippen molar-refractivity contribution in [1.29, 1.82) is 0 Å². The molecule has 150 valence electrons. The minimum absolute atomic E-state index is 0.114. The fourth-order valence-corrected chi connectivity index (χ4v) is 3.27. The molecule has 0 atom stereocenters. The van der Waals surface area contributed by atoms with Crippen LogP contribution in [0.25, 0.3) is 0 Å². The molecule has 0 saturated carbocycles. The van der Waals surface area contributed by atoms with E-state index in [9.17, 15) is 4.79 Å². The molecule has 0 bridgehead atoms. The Morgan fingerprint density at radius 2 is 1.62 bits per heavy atom. The quantitative estimate of drug-likeness (QED) is 0.545. The summed E-state index contributed by atoms with van der Waals surface area (Å²) in [6.07, 6.45) is 0. The summed E-state index contributed by atoms with van der Waals surface area (Å²) >= 11 is 5.99. The molecule has 4 nitrogen and oxygen atoms in total. The number of methoxy groups -OCH3 is 1. The molecule has 5 heteroatoms. The van der Waals surface area contributed by atoms with Gasteiger partial charge in [0.2, 0.25) is 0 Å². The van der Waals surface area contributed by atoms with Gasteiger partial charge in [0, 0.05) is 10.4 Å². The molecule has 0 radical (unpaired) electrons. The summed E-state index contributed by atoms with van der Waals surface area (Å²) in [4.78, 5) is 12.2. The number of anilines is 1. The molecule has 1 amide bonds. The summed E-state index contributed by atoms with van der Waals surface area (Å²) in [7, 11) is 1.54. The Bertz CT molecular complexity index is 969. The van der Waals surface area contributed by atoms with E-state index in [4.69, 9.17) is 21.1 Å². The van der Waals surface area contributed by atoms with E-state index < -0.39 is 0 Å². The molecular formula is C24H24ClNO3. The average molecular weight is 410 g/mol.